The van der Waals surface area contributed by atoms with E-state index >= 15 is 0 Å². The third-order valence-electron chi connectivity index (χ3n) is 6.31. The molecule has 3 nitrogen and oxygen atoms in total. The maximum absolute atomic E-state index is 11.8. The van der Waals surface area contributed by atoms with Gasteiger partial charge in [0.1, 0.15) is 5.60 Å². The number of fused-ring (bicyclic) bond motifs is 1. The standard InChI is InChI=1S/C20H36O3/c1-14(8-6-10-18(22)23-19(2,3)4)15-11-12-16-17(21)9-7-13-20(15,16)5/h14-17,21H,6-13H2,1-5H3/t14-,15-,16+,17-,20-/m1/s1. The van der Waals surface area contributed by atoms with Crippen molar-refractivity contribution < 1.29 is 14.6 Å². The Morgan fingerprint density at radius 1 is 1.30 bits per heavy atom. The molecule has 134 valence electrons. The van der Waals surface area contributed by atoms with Crippen LogP contribution in [0.4, 0.5) is 0 Å². The van der Waals surface area contributed by atoms with Crippen LogP contribution in [0.25, 0.3) is 0 Å². The van der Waals surface area contributed by atoms with Crippen LogP contribution in [-0.2, 0) is 9.53 Å². The summed E-state index contributed by atoms with van der Waals surface area (Å²) in [6.45, 7) is 10.5. The van der Waals surface area contributed by atoms with Crippen LogP contribution >= 0.6 is 0 Å². The first kappa shape index (κ1) is 18.8. The monoisotopic (exact) mass is 324 g/mol. The zero-order chi connectivity index (χ0) is 17.3. The molecule has 0 bridgehead atoms. The van der Waals surface area contributed by atoms with Gasteiger partial charge < -0.3 is 9.84 Å². The number of rotatable bonds is 5. The lowest BCUT2D eigenvalue weighted by atomic mass is 9.61. The molecule has 2 saturated carbocycles. The number of aliphatic hydroxyl groups is 1. The number of aliphatic hydroxyl groups excluding tert-OH is 1. The summed E-state index contributed by atoms with van der Waals surface area (Å²) >= 11 is 0. The Kier molecular flexibility index (Phi) is 5.81. The van der Waals surface area contributed by atoms with E-state index < -0.39 is 0 Å². The van der Waals surface area contributed by atoms with Crippen molar-refractivity contribution in [1.29, 1.82) is 0 Å². The van der Waals surface area contributed by atoms with E-state index in [1.165, 1.54) is 19.3 Å². The normalized spacial score (nSPS) is 35.7. The number of hydrogen-bond acceptors (Lipinski definition) is 3. The van der Waals surface area contributed by atoms with E-state index in [1.54, 1.807) is 0 Å². The van der Waals surface area contributed by atoms with Crippen molar-refractivity contribution in [2.45, 2.75) is 97.7 Å². The van der Waals surface area contributed by atoms with Crippen molar-refractivity contribution in [2.24, 2.45) is 23.2 Å². The van der Waals surface area contributed by atoms with Gasteiger partial charge in [-0.3, -0.25) is 4.79 Å². The van der Waals surface area contributed by atoms with Gasteiger partial charge in [-0.1, -0.05) is 20.3 Å². The number of hydrogen-bond donors (Lipinski definition) is 1. The minimum Gasteiger partial charge on any atom is -0.460 e. The quantitative estimate of drug-likeness (QED) is 0.745. The first-order chi connectivity index (χ1) is 10.6. The van der Waals surface area contributed by atoms with Gasteiger partial charge in [-0.2, -0.15) is 0 Å². The molecule has 2 rings (SSSR count). The smallest absolute Gasteiger partial charge is 0.306 e. The van der Waals surface area contributed by atoms with E-state index in [1.807, 2.05) is 20.8 Å². The van der Waals surface area contributed by atoms with Crippen LogP contribution in [0.5, 0.6) is 0 Å². The zero-order valence-electron chi connectivity index (χ0n) is 15.7. The molecule has 23 heavy (non-hydrogen) atoms. The topological polar surface area (TPSA) is 46.5 Å². The van der Waals surface area contributed by atoms with E-state index in [9.17, 15) is 9.90 Å². The second-order valence-corrected chi connectivity index (χ2v) is 9.21. The van der Waals surface area contributed by atoms with Gasteiger partial charge in [0.2, 0.25) is 0 Å². The Morgan fingerprint density at radius 2 is 2.00 bits per heavy atom. The van der Waals surface area contributed by atoms with Gasteiger partial charge in [0.25, 0.3) is 0 Å². The van der Waals surface area contributed by atoms with Crippen molar-refractivity contribution >= 4 is 5.97 Å². The largest absolute Gasteiger partial charge is 0.460 e. The van der Waals surface area contributed by atoms with E-state index in [-0.39, 0.29) is 17.7 Å². The molecule has 0 heterocycles. The first-order valence-electron chi connectivity index (χ1n) is 9.53. The van der Waals surface area contributed by atoms with Crippen LogP contribution < -0.4 is 0 Å². The number of carbonyl (C=O) groups is 1. The van der Waals surface area contributed by atoms with Gasteiger partial charge in [0, 0.05) is 6.42 Å². The summed E-state index contributed by atoms with van der Waals surface area (Å²) in [6, 6.07) is 0. The van der Waals surface area contributed by atoms with Gasteiger partial charge in [-0.05, 0) is 82.5 Å². The molecular weight excluding hydrogens is 288 g/mol. The second-order valence-electron chi connectivity index (χ2n) is 9.21. The third-order valence-corrected chi connectivity index (χ3v) is 6.31. The highest BCUT2D eigenvalue weighted by Gasteiger charge is 2.51. The minimum absolute atomic E-state index is 0.0756. The number of esters is 1. The summed E-state index contributed by atoms with van der Waals surface area (Å²) in [5.41, 5.74) is -0.0733. The van der Waals surface area contributed by atoms with Gasteiger partial charge in [0.05, 0.1) is 6.10 Å². The number of carbonyl (C=O) groups excluding carboxylic acids is 1. The van der Waals surface area contributed by atoms with Crippen molar-refractivity contribution in [3.8, 4) is 0 Å². The molecule has 2 aliphatic carbocycles. The molecular formula is C20H36O3. The summed E-state index contributed by atoms with van der Waals surface area (Å²) in [5, 5.41) is 10.3. The minimum atomic E-state index is -0.382. The molecule has 0 amide bonds. The average Bonchev–Trinajstić information content (AvgIpc) is 2.75. The molecule has 0 unspecified atom stereocenters. The maximum Gasteiger partial charge on any atom is 0.306 e. The predicted molar refractivity (Wildman–Crippen MR) is 93.0 cm³/mol. The lowest BCUT2D eigenvalue weighted by Crippen LogP contribution is -2.41. The van der Waals surface area contributed by atoms with Crippen LogP contribution in [0.15, 0.2) is 0 Å². The van der Waals surface area contributed by atoms with Crippen LogP contribution in [0, 0.1) is 23.2 Å². The fourth-order valence-corrected chi connectivity index (χ4v) is 5.29. The molecule has 0 aliphatic heterocycles. The zero-order valence-corrected chi connectivity index (χ0v) is 15.7. The summed E-state index contributed by atoms with van der Waals surface area (Å²) in [4.78, 5) is 11.8. The van der Waals surface area contributed by atoms with Crippen molar-refractivity contribution in [1.82, 2.24) is 0 Å². The summed E-state index contributed by atoms with van der Waals surface area (Å²) in [7, 11) is 0. The Hall–Kier alpha value is -0.570. The van der Waals surface area contributed by atoms with Crippen molar-refractivity contribution in [3.63, 3.8) is 0 Å². The van der Waals surface area contributed by atoms with Gasteiger partial charge >= 0.3 is 5.97 Å². The van der Waals surface area contributed by atoms with E-state index in [0.29, 0.717) is 29.6 Å². The molecule has 2 fully saturated rings. The Morgan fingerprint density at radius 3 is 2.65 bits per heavy atom. The Bertz CT molecular complexity index is 412. The highest BCUT2D eigenvalue weighted by molar-refractivity contribution is 5.69. The molecule has 1 N–H and O–H groups in total. The van der Waals surface area contributed by atoms with Crippen molar-refractivity contribution in [3.05, 3.63) is 0 Å². The van der Waals surface area contributed by atoms with Crippen LogP contribution in [0.2, 0.25) is 0 Å². The molecule has 5 atom stereocenters. The first-order valence-corrected chi connectivity index (χ1v) is 9.53. The maximum atomic E-state index is 11.8. The van der Waals surface area contributed by atoms with Crippen LogP contribution in [-0.4, -0.2) is 22.8 Å². The Labute approximate surface area is 142 Å². The van der Waals surface area contributed by atoms with E-state index in [4.69, 9.17) is 4.74 Å². The highest BCUT2D eigenvalue weighted by atomic mass is 16.6. The summed E-state index contributed by atoms with van der Waals surface area (Å²) < 4.78 is 5.39. The molecule has 0 aromatic rings. The van der Waals surface area contributed by atoms with Gasteiger partial charge in [-0.25, -0.2) is 0 Å². The van der Waals surface area contributed by atoms with Gasteiger partial charge in [0.15, 0.2) is 0 Å². The lowest BCUT2D eigenvalue weighted by Gasteiger charge is -2.45. The van der Waals surface area contributed by atoms with Gasteiger partial charge in [-0.15, -0.1) is 0 Å². The second kappa shape index (κ2) is 7.13. The van der Waals surface area contributed by atoms with E-state index in [2.05, 4.69) is 13.8 Å². The van der Waals surface area contributed by atoms with E-state index in [0.717, 1.165) is 25.7 Å². The fraction of sp³-hybridized carbons (Fsp3) is 0.950. The average molecular weight is 325 g/mol. The van der Waals surface area contributed by atoms with Crippen molar-refractivity contribution in [2.75, 3.05) is 0 Å². The van der Waals surface area contributed by atoms with Crippen LogP contribution in [0.3, 0.4) is 0 Å². The predicted octanol–water partition coefficient (Wildman–Crippen LogP) is 4.71. The molecule has 0 spiro atoms. The summed E-state index contributed by atoms with van der Waals surface area (Å²) in [6.07, 6.45) is 8.26. The lowest BCUT2D eigenvalue weighted by molar-refractivity contribution is -0.155. The summed E-state index contributed by atoms with van der Waals surface area (Å²) in [5.74, 6) is 1.74. The molecule has 0 aromatic heterocycles. The van der Waals surface area contributed by atoms with Crippen LogP contribution in [0.1, 0.15) is 86.0 Å². The molecule has 3 heteroatoms. The third kappa shape index (κ3) is 4.49. The molecule has 0 saturated heterocycles. The molecule has 2 aliphatic rings. The highest BCUT2D eigenvalue weighted by Crippen LogP contribution is 2.58. The SMILES string of the molecule is C[C@H](CCCC(=O)OC(C)(C)C)[C@H]1CC[C@H]2[C@H](O)CCC[C@]12C. The molecule has 0 radical (unpaired) electrons. The number of ether oxygens (including phenoxy) is 1. The Balaban J connectivity index is 1.82. The fourth-order valence-electron chi connectivity index (χ4n) is 5.29. The molecule has 0 aromatic carbocycles.